The fourth-order valence-electron chi connectivity index (χ4n) is 2.68. The van der Waals surface area contributed by atoms with Gasteiger partial charge in [-0.15, -0.1) is 0 Å². The minimum Gasteiger partial charge on any atom is -0.396 e. The minimum absolute atomic E-state index is 0.127. The van der Waals surface area contributed by atoms with Crippen molar-refractivity contribution in [1.29, 1.82) is 0 Å². The van der Waals surface area contributed by atoms with Crippen molar-refractivity contribution in [1.82, 2.24) is 10.6 Å². The fourth-order valence-corrected chi connectivity index (χ4v) is 2.68. The zero-order valence-electron chi connectivity index (χ0n) is 18.5. The van der Waals surface area contributed by atoms with Crippen molar-refractivity contribution < 1.29 is 63.7 Å². The lowest BCUT2D eigenvalue weighted by atomic mass is 9.93. The van der Waals surface area contributed by atoms with Crippen LogP contribution in [0.3, 0.4) is 0 Å². The van der Waals surface area contributed by atoms with E-state index in [1.807, 2.05) is 0 Å². The first-order valence-corrected chi connectivity index (χ1v) is 10.6. The summed E-state index contributed by atoms with van der Waals surface area (Å²) in [6.45, 7) is -1.94. The maximum Gasteiger partial charge on any atom is 0.392 e. The zero-order valence-corrected chi connectivity index (χ0v) is 18.5. The van der Waals surface area contributed by atoms with Crippen molar-refractivity contribution in [3.05, 3.63) is 0 Å². The number of rotatable bonds is 18. The van der Waals surface area contributed by atoms with Crippen LogP contribution in [0.1, 0.15) is 51.4 Å². The number of aliphatic hydroxyl groups is 2. The molecule has 35 heavy (non-hydrogen) atoms. The summed E-state index contributed by atoms with van der Waals surface area (Å²) in [6.07, 6.45) is 1.38. The highest BCUT2D eigenvalue weighted by Gasteiger charge is 2.88. The number of halogens is 10. The summed E-state index contributed by atoms with van der Waals surface area (Å²) in [5.74, 6) is -41.5. The van der Waals surface area contributed by atoms with E-state index in [1.165, 1.54) is 0 Å². The highest BCUT2D eigenvalue weighted by molar-refractivity contribution is 5.86. The van der Waals surface area contributed by atoms with Crippen molar-refractivity contribution in [3.63, 3.8) is 0 Å². The Morgan fingerprint density at radius 1 is 0.486 bits per heavy atom. The van der Waals surface area contributed by atoms with Crippen LogP contribution in [-0.2, 0) is 9.59 Å². The lowest BCUT2D eigenvalue weighted by Crippen LogP contribution is -2.71. The summed E-state index contributed by atoms with van der Waals surface area (Å²) in [5, 5.41) is 19.4. The molecule has 0 aromatic heterocycles. The van der Waals surface area contributed by atoms with E-state index in [1.54, 1.807) is 0 Å². The average Bonchev–Trinajstić information content (AvgIpc) is 2.77. The quantitative estimate of drug-likeness (QED) is 0.159. The molecule has 0 bridgehead atoms. The molecule has 0 aromatic carbocycles. The molecule has 0 saturated carbocycles. The van der Waals surface area contributed by atoms with Crippen LogP contribution in [0, 0.1) is 0 Å². The predicted molar refractivity (Wildman–Crippen MR) is 102 cm³/mol. The number of nitrogens with one attached hydrogen (secondary N) is 2. The number of carbonyl (C=O) groups excluding carboxylic acids is 2. The molecule has 0 aliphatic carbocycles. The van der Waals surface area contributed by atoms with Crippen LogP contribution in [0.2, 0.25) is 0 Å². The van der Waals surface area contributed by atoms with Crippen molar-refractivity contribution in [2.24, 2.45) is 0 Å². The van der Waals surface area contributed by atoms with Crippen LogP contribution in [0.5, 0.6) is 0 Å². The lowest BCUT2D eigenvalue weighted by molar-refractivity contribution is -0.387. The minimum atomic E-state index is -7.54. The molecule has 0 aliphatic heterocycles. The summed E-state index contributed by atoms with van der Waals surface area (Å²) in [7, 11) is 0. The smallest absolute Gasteiger partial charge is 0.392 e. The van der Waals surface area contributed by atoms with Gasteiger partial charge in [-0.3, -0.25) is 9.59 Å². The summed E-state index contributed by atoms with van der Waals surface area (Å²) in [6, 6.07) is 0. The first kappa shape index (κ1) is 33.2. The Bertz CT molecular complexity index is 624. The number of aliphatic hydroxyl groups excluding tert-OH is 2. The van der Waals surface area contributed by atoms with Gasteiger partial charge in [0.15, 0.2) is 0 Å². The van der Waals surface area contributed by atoms with Crippen molar-refractivity contribution in [3.8, 4) is 0 Å². The molecular weight excluding hydrogens is 510 g/mol. The molecule has 16 heteroatoms. The Kier molecular flexibility index (Phi) is 12.8. The van der Waals surface area contributed by atoms with Crippen molar-refractivity contribution >= 4 is 11.8 Å². The van der Waals surface area contributed by atoms with E-state index < -0.39 is 54.5 Å². The fraction of sp³-hybridized carbons (Fsp3) is 0.895. The second-order valence-electron chi connectivity index (χ2n) is 7.66. The Morgan fingerprint density at radius 2 is 0.771 bits per heavy atom. The van der Waals surface area contributed by atoms with Gasteiger partial charge in [-0.1, -0.05) is 25.7 Å². The number of hydrogen-bond acceptors (Lipinski definition) is 4. The SMILES string of the molecule is O=C(NCCCCCCO)C(F)(F)C(F)(F)C(F)(F)C(F)(F)C(F)(F)C(=O)NCCCCCCO. The molecule has 0 spiro atoms. The highest BCUT2D eigenvalue weighted by Crippen LogP contribution is 2.57. The molecule has 0 fully saturated rings. The van der Waals surface area contributed by atoms with Gasteiger partial charge in [0.05, 0.1) is 0 Å². The Morgan fingerprint density at radius 3 is 1.06 bits per heavy atom. The molecule has 0 rings (SSSR count). The Labute approximate surface area is 194 Å². The normalized spacial score (nSPS) is 13.6. The van der Waals surface area contributed by atoms with Crippen LogP contribution >= 0.6 is 0 Å². The van der Waals surface area contributed by atoms with Crippen LogP contribution in [0.25, 0.3) is 0 Å². The summed E-state index contributed by atoms with van der Waals surface area (Å²) in [4.78, 5) is 22.7. The largest absolute Gasteiger partial charge is 0.396 e. The molecule has 0 radical (unpaired) electrons. The van der Waals surface area contributed by atoms with Gasteiger partial charge in [-0.05, 0) is 25.7 Å². The average molecular weight is 538 g/mol. The van der Waals surface area contributed by atoms with E-state index >= 15 is 0 Å². The first-order valence-electron chi connectivity index (χ1n) is 10.6. The van der Waals surface area contributed by atoms with Gasteiger partial charge >= 0.3 is 29.6 Å². The third-order valence-electron chi connectivity index (χ3n) is 4.89. The number of carbonyl (C=O) groups is 2. The molecular formula is C19H28F10N2O4. The van der Waals surface area contributed by atoms with Gasteiger partial charge in [-0.2, -0.15) is 43.9 Å². The van der Waals surface area contributed by atoms with Gasteiger partial charge in [0.1, 0.15) is 0 Å². The number of unbranched alkanes of at least 4 members (excludes halogenated alkanes) is 6. The second-order valence-corrected chi connectivity index (χ2v) is 7.66. The first-order chi connectivity index (χ1) is 16.0. The van der Waals surface area contributed by atoms with E-state index in [9.17, 15) is 53.5 Å². The van der Waals surface area contributed by atoms with E-state index in [0.29, 0.717) is 12.8 Å². The van der Waals surface area contributed by atoms with E-state index in [0.717, 1.165) is 10.6 Å². The molecule has 0 aliphatic rings. The van der Waals surface area contributed by atoms with E-state index in [2.05, 4.69) is 0 Å². The monoisotopic (exact) mass is 538 g/mol. The van der Waals surface area contributed by atoms with Gasteiger partial charge < -0.3 is 20.8 Å². The molecule has 0 saturated heterocycles. The number of amides is 2. The van der Waals surface area contributed by atoms with Crippen LogP contribution in [0.15, 0.2) is 0 Å². The number of alkyl halides is 10. The molecule has 2 amide bonds. The molecule has 0 heterocycles. The predicted octanol–water partition coefficient (Wildman–Crippen LogP) is 3.50. The maximum atomic E-state index is 13.9. The van der Waals surface area contributed by atoms with Crippen LogP contribution in [0.4, 0.5) is 43.9 Å². The van der Waals surface area contributed by atoms with Crippen LogP contribution < -0.4 is 10.6 Å². The molecule has 4 N–H and O–H groups in total. The second kappa shape index (κ2) is 13.5. The summed E-state index contributed by atoms with van der Waals surface area (Å²) in [5.41, 5.74) is 0. The highest BCUT2D eigenvalue weighted by atomic mass is 19.4. The lowest BCUT2D eigenvalue weighted by Gasteiger charge is -2.38. The van der Waals surface area contributed by atoms with Gasteiger partial charge in [-0.25, -0.2) is 0 Å². The number of hydrogen-bond donors (Lipinski definition) is 4. The summed E-state index contributed by atoms with van der Waals surface area (Å²) < 4.78 is 138. The standard InChI is InChI=1S/C19H28F10N2O4/c20-15(21,13(34)30-9-5-1-3-7-11-32)17(24,25)19(28,29)18(26,27)16(22,23)14(35)31-10-6-2-4-8-12-33/h32-33H,1-12H2,(H,30,34)(H,31,35). The van der Waals surface area contributed by atoms with E-state index in [4.69, 9.17) is 10.2 Å². The third kappa shape index (κ3) is 7.57. The molecule has 0 aromatic rings. The topological polar surface area (TPSA) is 98.7 Å². The molecule has 6 nitrogen and oxygen atoms in total. The van der Waals surface area contributed by atoms with Gasteiger partial charge in [0.2, 0.25) is 0 Å². The zero-order chi connectivity index (χ0) is 27.6. The Hall–Kier alpha value is -1.84. The summed E-state index contributed by atoms with van der Waals surface area (Å²) >= 11 is 0. The molecule has 208 valence electrons. The Balaban J connectivity index is 5.43. The maximum absolute atomic E-state index is 13.9. The van der Waals surface area contributed by atoms with Crippen molar-refractivity contribution in [2.45, 2.75) is 81.0 Å². The van der Waals surface area contributed by atoms with E-state index in [-0.39, 0.29) is 51.7 Å². The van der Waals surface area contributed by atoms with Gasteiger partial charge in [0.25, 0.3) is 11.8 Å². The molecule has 0 unspecified atom stereocenters. The van der Waals surface area contributed by atoms with Gasteiger partial charge in [0, 0.05) is 26.3 Å². The van der Waals surface area contributed by atoms with Crippen molar-refractivity contribution in [2.75, 3.05) is 26.3 Å². The molecule has 0 atom stereocenters. The third-order valence-corrected chi connectivity index (χ3v) is 4.89. The van der Waals surface area contributed by atoms with Crippen LogP contribution in [-0.4, -0.2) is 77.9 Å².